The monoisotopic (exact) mass is 324 g/mol. The number of nitrogens with one attached hydrogen (secondary N) is 1. The lowest BCUT2D eigenvalue weighted by Gasteiger charge is -2.23. The van der Waals surface area contributed by atoms with Gasteiger partial charge in [0.25, 0.3) is 0 Å². The van der Waals surface area contributed by atoms with Crippen LogP contribution < -0.4 is 10.1 Å². The Kier molecular flexibility index (Phi) is 4.12. The average Bonchev–Trinajstić information content (AvgIpc) is 3.17. The van der Waals surface area contributed by atoms with Gasteiger partial charge in [-0.1, -0.05) is 18.2 Å². The molecule has 24 heavy (non-hydrogen) atoms. The summed E-state index contributed by atoms with van der Waals surface area (Å²) in [6.07, 6.45) is 6.14. The van der Waals surface area contributed by atoms with Crippen molar-refractivity contribution in [3.05, 3.63) is 53.6 Å². The maximum Gasteiger partial charge on any atom is 0.127 e. The second-order valence-corrected chi connectivity index (χ2v) is 6.87. The third kappa shape index (κ3) is 2.97. The highest BCUT2D eigenvalue weighted by atomic mass is 16.5. The Morgan fingerprint density at radius 1 is 1.25 bits per heavy atom. The van der Waals surface area contributed by atoms with Crippen LogP contribution in [0.3, 0.4) is 0 Å². The lowest BCUT2D eigenvalue weighted by atomic mass is 9.99. The minimum absolute atomic E-state index is 0.434. The van der Waals surface area contributed by atoms with Gasteiger partial charge in [0.05, 0.1) is 6.33 Å². The highest BCUT2D eigenvalue weighted by Crippen LogP contribution is 2.28. The number of rotatable bonds is 4. The molecular formula is C19H24N4O. The SMILES string of the molecule is CN1C[C@@H](NCC2=Cc3ccccc3OC2)[C@H](c2cncn2C)C1. The number of nitrogens with zero attached hydrogens (tertiary/aromatic N) is 3. The zero-order chi connectivity index (χ0) is 16.5. The Morgan fingerprint density at radius 3 is 2.96 bits per heavy atom. The summed E-state index contributed by atoms with van der Waals surface area (Å²) in [7, 11) is 4.26. The molecule has 0 spiro atoms. The molecule has 0 amide bonds. The number of likely N-dealkylation sites (N-methyl/N-ethyl adjacent to an activating group) is 1. The quantitative estimate of drug-likeness (QED) is 0.932. The molecule has 0 bridgehead atoms. The molecule has 5 heteroatoms. The van der Waals surface area contributed by atoms with Gasteiger partial charge in [-0.2, -0.15) is 0 Å². The van der Waals surface area contributed by atoms with Crippen molar-refractivity contribution in [3.63, 3.8) is 0 Å². The van der Waals surface area contributed by atoms with Crippen LogP contribution in [0.2, 0.25) is 0 Å². The number of hydrogen-bond donors (Lipinski definition) is 1. The summed E-state index contributed by atoms with van der Waals surface area (Å²) in [6.45, 7) is 3.65. The van der Waals surface area contributed by atoms with Gasteiger partial charge in [0.15, 0.2) is 0 Å². The summed E-state index contributed by atoms with van der Waals surface area (Å²) in [5.74, 6) is 1.45. The van der Waals surface area contributed by atoms with Gasteiger partial charge in [-0.25, -0.2) is 4.98 Å². The zero-order valence-corrected chi connectivity index (χ0v) is 14.3. The third-order valence-electron chi connectivity index (χ3n) is 5.02. The zero-order valence-electron chi connectivity index (χ0n) is 14.3. The topological polar surface area (TPSA) is 42.3 Å². The number of fused-ring (bicyclic) bond motifs is 1. The first kappa shape index (κ1) is 15.4. The van der Waals surface area contributed by atoms with Crippen LogP contribution in [-0.4, -0.2) is 53.8 Å². The molecule has 0 aliphatic carbocycles. The summed E-state index contributed by atoms with van der Waals surface area (Å²) >= 11 is 0. The molecule has 0 saturated carbocycles. The van der Waals surface area contributed by atoms with E-state index in [-0.39, 0.29) is 0 Å². The molecule has 126 valence electrons. The fourth-order valence-corrected chi connectivity index (χ4v) is 3.76. The Hall–Kier alpha value is -2.11. The van der Waals surface area contributed by atoms with Crippen molar-refractivity contribution in [2.45, 2.75) is 12.0 Å². The summed E-state index contributed by atoms with van der Waals surface area (Å²) in [5, 5.41) is 3.75. The largest absolute Gasteiger partial charge is 0.489 e. The van der Waals surface area contributed by atoms with E-state index in [2.05, 4.69) is 52.1 Å². The molecule has 1 aromatic heterocycles. The van der Waals surface area contributed by atoms with Gasteiger partial charge < -0.3 is 19.5 Å². The number of para-hydroxylation sites is 1. The predicted octanol–water partition coefficient (Wildman–Crippen LogP) is 1.88. The molecule has 1 aromatic carbocycles. The number of aromatic nitrogens is 2. The molecule has 2 aliphatic rings. The lowest BCUT2D eigenvalue weighted by Crippen LogP contribution is -2.37. The summed E-state index contributed by atoms with van der Waals surface area (Å²) in [4.78, 5) is 6.67. The second kappa shape index (κ2) is 6.42. The number of aryl methyl sites for hydroxylation is 1. The normalized spacial score (nSPS) is 23.7. The number of hydrogen-bond acceptors (Lipinski definition) is 4. The van der Waals surface area contributed by atoms with Crippen molar-refractivity contribution >= 4 is 6.08 Å². The van der Waals surface area contributed by atoms with Crippen molar-refractivity contribution in [3.8, 4) is 5.75 Å². The van der Waals surface area contributed by atoms with E-state index in [1.165, 1.54) is 16.8 Å². The van der Waals surface area contributed by atoms with Gasteiger partial charge >= 0.3 is 0 Å². The highest BCUT2D eigenvalue weighted by molar-refractivity contribution is 5.62. The Bertz CT molecular complexity index is 751. The number of imidazole rings is 1. The molecule has 0 unspecified atom stereocenters. The number of benzene rings is 1. The summed E-state index contributed by atoms with van der Waals surface area (Å²) in [6, 6.07) is 8.64. The minimum atomic E-state index is 0.434. The smallest absolute Gasteiger partial charge is 0.127 e. The van der Waals surface area contributed by atoms with Gasteiger partial charge in [-0.05, 0) is 24.8 Å². The second-order valence-electron chi connectivity index (χ2n) is 6.87. The van der Waals surface area contributed by atoms with E-state index in [1.807, 2.05) is 24.7 Å². The van der Waals surface area contributed by atoms with E-state index in [0.717, 1.165) is 25.4 Å². The first-order valence-electron chi connectivity index (χ1n) is 8.50. The molecule has 5 nitrogen and oxygen atoms in total. The van der Waals surface area contributed by atoms with E-state index in [1.54, 1.807) is 0 Å². The third-order valence-corrected chi connectivity index (χ3v) is 5.02. The van der Waals surface area contributed by atoms with Crippen molar-refractivity contribution in [1.82, 2.24) is 19.8 Å². The molecule has 0 radical (unpaired) electrons. The Labute approximate surface area is 142 Å². The van der Waals surface area contributed by atoms with Crippen LogP contribution in [0.1, 0.15) is 17.2 Å². The molecule has 3 heterocycles. The lowest BCUT2D eigenvalue weighted by molar-refractivity contribution is 0.339. The first-order valence-corrected chi connectivity index (χ1v) is 8.50. The Balaban J connectivity index is 1.45. The van der Waals surface area contributed by atoms with E-state index in [9.17, 15) is 0 Å². The van der Waals surface area contributed by atoms with Crippen LogP contribution in [0.4, 0.5) is 0 Å². The van der Waals surface area contributed by atoms with Crippen molar-refractivity contribution in [1.29, 1.82) is 0 Å². The number of likely N-dealkylation sites (tertiary alicyclic amines) is 1. The predicted molar refractivity (Wildman–Crippen MR) is 95.2 cm³/mol. The van der Waals surface area contributed by atoms with Crippen LogP contribution >= 0.6 is 0 Å². The molecule has 1 saturated heterocycles. The van der Waals surface area contributed by atoms with Gasteiger partial charge in [0, 0.05) is 56.1 Å². The van der Waals surface area contributed by atoms with Gasteiger partial charge in [-0.15, -0.1) is 0 Å². The standard InChI is InChI=1S/C19H24N4O/c1-22-10-16(18-9-20-13-23(18)2)17(11-22)21-8-14-7-15-5-3-4-6-19(15)24-12-14/h3-7,9,13,16-17,21H,8,10-12H2,1-2H3/t16-,17-/m1/s1. The van der Waals surface area contributed by atoms with E-state index in [4.69, 9.17) is 4.74 Å². The fourth-order valence-electron chi connectivity index (χ4n) is 3.76. The molecule has 2 atom stereocenters. The maximum absolute atomic E-state index is 5.86. The van der Waals surface area contributed by atoms with Gasteiger partial charge in [0.2, 0.25) is 0 Å². The van der Waals surface area contributed by atoms with Gasteiger partial charge in [0.1, 0.15) is 12.4 Å². The van der Waals surface area contributed by atoms with Crippen LogP contribution in [0.15, 0.2) is 42.4 Å². The summed E-state index contributed by atoms with van der Waals surface area (Å²) in [5.41, 5.74) is 3.77. The summed E-state index contributed by atoms with van der Waals surface area (Å²) < 4.78 is 7.99. The van der Waals surface area contributed by atoms with Crippen LogP contribution in [0.5, 0.6) is 5.75 Å². The highest BCUT2D eigenvalue weighted by Gasteiger charge is 2.33. The van der Waals surface area contributed by atoms with Crippen molar-refractivity contribution < 1.29 is 4.74 Å². The van der Waals surface area contributed by atoms with Gasteiger partial charge in [-0.3, -0.25) is 0 Å². The van der Waals surface area contributed by atoms with Crippen LogP contribution in [0.25, 0.3) is 6.08 Å². The molecule has 1 N–H and O–H groups in total. The maximum atomic E-state index is 5.86. The first-order chi connectivity index (χ1) is 11.7. The molecule has 1 fully saturated rings. The molecular weight excluding hydrogens is 300 g/mol. The van der Waals surface area contributed by atoms with Crippen molar-refractivity contribution in [2.75, 3.05) is 33.3 Å². The van der Waals surface area contributed by atoms with Crippen LogP contribution in [0, 0.1) is 0 Å². The minimum Gasteiger partial charge on any atom is -0.489 e. The van der Waals surface area contributed by atoms with Crippen molar-refractivity contribution in [2.24, 2.45) is 7.05 Å². The number of ether oxygens (including phenoxy) is 1. The average molecular weight is 324 g/mol. The molecule has 2 aromatic rings. The van der Waals surface area contributed by atoms with E-state index >= 15 is 0 Å². The van der Waals surface area contributed by atoms with E-state index in [0.29, 0.717) is 18.6 Å². The molecule has 4 rings (SSSR count). The van der Waals surface area contributed by atoms with Crippen LogP contribution in [-0.2, 0) is 7.05 Å². The molecule has 2 aliphatic heterocycles. The Morgan fingerprint density at radius 2 is 2.12 bits per heavy atom. The van der Waals surface area contributed by atoms with E-state index < -0.39 is 0 Å². The fraction of sp³-hybridized carbons (Fsp3) is 0.421.